The summed E-state index contributed by atoms with van der Waals surface area (Å²) in [6.07, 6.45) is 2.02. The van der Waals surface area contributed by atoms with Crippen molar-refractivity contribution in [3.8, 4) is 0 Å². The zero-order valence-corrected chi connectivity index (χ0v) is 8.52. The van der Waals surface area contributed by atoms with Gasteiger partial charge in [0.25, 0.3) is 0 Å². The number of rotatable bonds is 5. The van der Waals surface area contributed by atoms with Crippen LogP contribution in [-0.2, 0) is 9.59 Å². The van der Waals surface area contributed by atoms with Gasteiger partial charge in [-0.05, 0) is 13.3 Å². The Bertz CT molecular complexity index is 180. The van der Waals surface area contributed by atoms with Gasteiger partial charge in [0, 0.05) is 13.5 Å². The molecule has 1 atom stereocenters. The van der Waals surface area contributed by atoms with Gasteiger partial charge >= 0.3 is 0 Å². The Morgan fingerprint density at radius 1 is 1.38 bits per heavy atom. The predicted molar refractivity (Wildman–Crippen MR) is 51.2 cm³/mol. The third-order valence-electron chi connectivity index (χ3n) is 1.64. The normalized spacial score (nSPS) is 11.9. The van der Waals surface area contributed by atoms with Gasteiger partial charge in [-0.1, -0.05) is 13.3 Å². The molecule has 0 bridgehead atoms. The first kappa shape index (κ1) is 11.9. The molecule has 4 heteroatoms. The van der Waals surface area contributed by atoms with Crippen LogP contribution >= 0.6 is 0 Å². The third-order valence-corrected chi connectivity index (χ3v) is 1.64. The molecule has 0 aromatic carbocycles. The second kappa shape index (κ2) is 6.46. The molecule has 0 aliphatic rings. The molecule has 0 fully saturated rings. The summed E-state index contributed by atoms with van der Waals surface area (Å²) in [4.78, 5) is 21.8. The third kappa shape index (κ3) is 6.13. The van der Waals surface area contributed by atoms with Crippen molar-refractivity contribution in [1.29, 1.82) is 0 Å². The number of nitrogens with one attached hydrogen (secondary N) is 2. The molecule has 0 aromatic rings. The van der Waals surface area contributed by atoms with Crippen LogP contribution in [0.5, 0.6) is 0 Å². The Kier molecular flexibility index (Phi) is 5.93. The summed E-state index contributed by atoms with van der Waals surface area (Å²) in [5, 5.41) is 5.25. The van der Waals surface area contributed by atoms with E-state index in [2.05, 4.69) is 17.6 Å². The quantitative estimate of drug-likeness (QED) is 0.612. The average Bonchev–Trinajstić information content (AvgIpc) is 2.03. The standard InChI is InChI=1S/C9H18N2O2/c1-4-5-6-10-9(13)7(2)11-8(3)12/h7H,4-6H2,1-3H3,(H,10,13)(H,11,12). The van der Waals surface area contributed by atoms with Crippen LogP contribution in [0.4, 0.5) is 0 Å². The van der Waals surface area contributed by atoms with Gasteiger partial charge in [-0.15, -0.1) is 0 Å². The summed E-state index contributed by atoms with van der Waals surface area (Å²) in [5.74, 6) is -0.304. The molecule has 13 heavy (non-hydrogen) atoms. The maximum atomic E-state index is 11.2. The zero-order chi connectivity index (χ0) is 10.3. The minimum Gasteiger partial charge on any atom is -0.354 e. The van der Waals surface area contributed by atoms with E-state index in [1.807, 2.05) is 0 Å². The highest BCUT2D eigenvalue weighted by molar-refractivity contribution is 5.86. The Balaban J connectivity index is 3.63. The number of carbonyl (C=O) groups is 2. The highest BCUT2D eigenvalue weighted by Crippen LogP contribution is 1.85. The summed E-state index contributed by atoms with van der Waals surface area (Å²) in [6, 6.07) is -0.436. The molecule has 1 unspecified atom stereocenters. The van der Waals surface area contributed by atoms with E-state index in [0.717, 1.165) is 12.8 Å². The molecule has 0 saturated heterocycles. The van der Waals surface area contributed by atoms with E-state index in [-0.39, 0.29) is 11.8 Å². The molecule has 0 heterocycles. The monoisotopic (exact) mass is 186 g/mol. The van der Waals surface area contributed by atoms with Gasteiger partial charge in [0.05, 0.1) is 0 Å². The van der Waals surface area contributed by atoms with Gasteiger partial charge < -0.3 is 10.6 Å². The second-order valence-corrected chi connectivity index (χ2v) is 3.07. The van der Waals surface area contributed by atoms with Crippen LogP contribution < -0.4 is 10.6 Å². The molecule has 0 aromatic heterocycles. The number of amides is 2. The average molecular weight is 186 g/mol. The first-order valence-corrected chi connectivity index (χ1v) is 4.62. The molecule has 2 amide bonds. The lowest BCUT2D eigenvalue weighted by Crippen LogP contribution is -2.44. The fourth-order valence-corrected chi connectivity index (χ4v) is 0.912. The first-order chi connectivity index (χ1) is 6.07. The van der Waals surface area contributed by atoms with E-state index in [0.29, 0.717) is 6.54 Å². The summed E-state index contributed by atoms with van der Waals surface area (Å²) >= 11 is 0. The molecular weight excluding hydrogens is 168 g/mol. The molecule has 4 nitrogen and oxygen atoms in total. The van der Waals surface area contributed by atoms with E-state index < -0.39 is 6.04 Å². The molecule has 76 valence electrons. The Hall–Kier alpha value is -1.06. The van der Waals surface area contributed by atoms with Crippen molar-refractivity contribution in [2.45, 2.75) is 39.7 Å². The minimum absolute atomic E-state index is 0.122. The van der Waals surface area contributed by atoms with Crippen molar-refractivity contribution >= 4 is 11.8 Å². The molecule has 0 radical (unpaired) electrons. The van der Waals surface area contributed by atoms with E-state index in [1.54, 1.807) is 6.92 Å². The van der Waals surface area contributed by atoms with Crippen molar-refractivity contribution in [1.82, 2.24) is 10.6 Å². The van der Waals surface area contributed by atoms with Crippen molar-refractivity contribution in [2.75, 3.05) is 6.54 Å². The lowest BCUT2D eigenvalue weighted by molar-refractivity contribution is -0.127. The summed E-state index contributed by atoms with van der Waals surface area (Å²) in [7, 11) is 0. The number of carbonyl (C=O) groups excluding carboxylic acids is 2. The van der Waals surface area contributed by atoms with Crippen LogP contribution in [0.1, 0.15) is 33.6 Å². The Labute approximate surface area is 79.1 Å². The van der Waals surface area contributed by atoms with Crippen molar-refractivity contribution in [3.63, 3.8) is 0 Å². The van der Waals surface area contributed by atoms with Gasteiger partial charge in [-0.2, -0.15) is 0 Å². The van der Waals surface area contributed by atoms with Crippen LogP contribution in [0.3, 0.4) is 0 Å². The minimum atomic E-state index is -0.436. The maximum absolute atomic E-state index is 11.2. The molecule has 0 spiro atoms. The van der Waals surface area contributed by atoms with Crippen LogP contribution in [0.15, 0.2) is 0 Å². The highest BCUT2D eigenvalue weighted by Gasteiger charge is 2.11. The maximum Gasteiger partial charge on any atom is 0.242 e. The van der Waals surface area contributed by atoms with Gasteiger partial charge in [0.1, 0.15) is 6.04 Å². The highest BCUT2D eigenvalue weighted by atomic mass is 16.2. The van der Waals surface area contributed by atoms with Gasteiger partial charge in [0.15, 0.2) is 0 Å². The van der Waals surface area contributed by atoms with Gasteiger partial charge in [0.2, 0.25) is 11.8 Å². The Morgan fingerprint density at radius 3 is 2.46 bits per heavy atom. The number of hydrogen-bond donors (Lipinski definition) is 2. The summed E-state index contributed by atoms with van der Waals surface area (Å²) < 4.78 is 0. The lowest BCUT2D eigenvalue weighted by Gasteiger charge is -2.12. The molecule has 2 N–H and O–H groups in total. The lowest BCUT2D eigenvalue weighted by atomic mass is 10.3. The van der Waals surface area contributed by atoms with E-state index >= 15 is 0 Å². The molecule has 0 rings (SSSR count). The van der Waals surface area contributed by atoms with Crippen molar-refractivity contribution in [2.24, 2.45) is 0 Å². The summed E-state index contributed by atoms with van der Waals surface area (Å²) in [5.41, 5.74) is 0. The molecule has 0 aliphatic carbocycles. The van der Waals surface area contributed by atoms with Crippen molar-refractivity contribution in [3.05, 3.63) is 0 Å². The number of hydrogen-bond acceptors (Lipinski definition) is 2. The van der Waals surface area contributed by atoms with E-state index in [4.69, 9.17) is 0 Å². The smallest absolute Gasteiger partial charge is 0.242 e. The van der Waals surface area contributed by atoms with E-state index in [1.165, 1.54) is 6.92 Å². The summed E-state index contributed by atoms with van der Waals surface area (Å²) in [6.45, 7) is 5.81. The van der Waals surface area contributed by atoms with Crippen LogP contribution in [0, 0.1) is 0 Å². The van der Waals surface area contributed by atoms with Crippen LogP contribution in [0.25, 0.3) is 0 Å². The second-order valence-electron chi connectivity index (χ2n) is 3.07. The zero-order valence-electron chi connectivity index (χ0n) is 8.52. The Morgan fingerprint density at radius 2 is 2.00 bits per heavy atom. The van der Waals surface area contributed by atoms with Crippen LogP contribution in [-0.4, -0.2) is 24.4 Å². The predicted octanol–water partition coefficient (Wildman–Crippen LogP) is 0.427. The van der Waals surface area contributed by atoms with Gasteiger partial charge in [-0.3, -0.25) is 9.59 Å². The topological polar surface area (TPSA) is 58.2 Å². The van der Waals surface area contributed by atoms with E-state index in [9.17, 15) is 9.59 Å². The van der Waals surface area contributed by atoms with Crippen molar-refractivity contribution < 1.29 is 9.59 Å². The van der Waals surface area contributed by atoms with Crippen LogP contribution in [0.2, 0.25) is 0 Å². The SMILES string of the molecule is CCCCNC(=O)C(C)NC(C)=O. The first-order valence-electron chi connectivity index (χ1n) is 4.62. The molecule has 0 saturated carbocycles. The molecule has 0 aliphatic heterocycles. The fraction of sp³-hybridized carbons (Fsp3) is 0.778. The largest absolute Gasteiger partial charge is 0.354 e. The molecular formula is C9H18N2O2. The fourth-order valence-electron chi connectivity index (χ4n) is 0.912. The van der Waals surface area contributed by atoms with Gasteiger partial charge in [-0.25, -0.2) is 0 Å². The number of unbranched alkanes of at least 4 members (excludes halogenated alkanes) is 1.